The second kappa shape index (κ2) is 3.88. The van der Waals surface area contributed by atoms with Crippen LogP contribution in [0.3, 0.4) is 0 Å². The Kier molecular flexibility index (Phi) is 2.51. The van der Waals surface area contributed by atoms with Crippen molar-refractivity contribution in [3.8, 4) is 0 Å². The summed E-state index contributed by atoms with van der Waals surface area (Å²) >= 11 is 0. The summed E-state index contributed by atoms with van der Waals surface area (Å²) in [5, 5.41) is 3.41. The summed E-state index contributed by atoms with van der Waals surface area (Å²) in [6.45, 7) is 6.62. The van der Waals surface area contributed by atoms with Crippen LogP contribution >= 0.6 is 0 Å². The third kappa shape index (κ3) is 1.58. The highest BCUT2D eigenvalue weighted by Gasteiger charge is 2.28. The van der Waals surface area contributed by atoms with Crippen molar-refractivity contribution in [3.63, 3.8) is 0 Å². The van der Waals surface area contributed by atoms with Crippen LogP contribution in [0.15, 0.2) is 0 Å². The molecule has 0 saturated heterocycles. The number of nitrogens with zero attached hydrogens (tertiary/aromatic N) is 2. The second-order valence-electron chi connectivity index (χ2n) is 5.42. The minimum Gasteiger partial charge on any atom is -0.329 e. The average molecular weight is 219 g/mol. The molecule has 1 aliphatic carbocycles. The lowest BCUT2D eigenvalue weighted by Gasteiger charge is -2.20. The topological polar surface area (TPSA) is 29.9 Å². The Balaban J connectivity index is 1.96. The van der Waals surface area contributed by atoms with Crippen molar-refractivity contribution in [2.75, 3.05) is 6.54 Å². The van der Waals surface area contributed by atoms with Gasteiger partial charge in [-0.3, -0.25) is 0 Å². The third-order valence-corrected chi connectivity index (χ3v) is 4.13. The smallest absolute Gasteiger partial charge is 0.106 e. The molecule has 3 heteroatoms. The van der Waals surface area contributed by atoms with Crippen molar-refractivity contribution in [2.45, 2.75) is 52.1 Å². The van der Waals surface area contributed by atoms with Crippen LogP contribution in [-0.4, -0.2) is 16.1 Å². The van der Waals surface area contributed by atoms with Gasteiger partial charge in [0.1, 0.15) is 5.82 Å². The van der Waals surface area contributed by atoms with Gasteiger partial charge in [0.05, 0.1) is 5.69 Å². The van der Waals surface area contributed by atoms with Crippen LogP contribution in [0.4, 0.5) is 0 Å². The summed E-state index contributed by atoms with van der Waals surface area (Å²) in [5.41, 5.74) is 2.80. The van der Waals surface area contributed by atoms with Crippen molar-refractivity contribution >= 4 is 0 Å². The summed E-state index contributed by atoms with van der Waals surface area (Å²) in [6, 6.07) is 0.726. The molecule has 16 heavy (non-hydrogen) atoms. The van der Waals surface area contributed by atoms with Gasteiger partial charge >= 0.3 is 0 Å². The second-order valence-corrected chi connectivity index (χ2v) is 5.42. The molecular weight excluding hydrogens is 198 g/mol. The molecule has 1 N–H and O–H groups in total. The number of hydrogen-bond donors (Lipinski definition) is 1. The van der Waals surface area contributed by atoms with Gasteiger partial charge in [0, 0.05) is 31.2 Å². The Morgan fingerprint density at radius 1 is 1.38 bits per heavy atom. The van der Waals surface area contributed by atoms with E-state index in [0.29, 0.717) is 0 Å². The first-order valence-corrected chi connectivity index (χ1v) is 6.53. The maximum atomic E-state index is 4.72. The van der Waals surface area contributed by atoms with Crippen LogP contribution in [0.5, 0.6) is 0 Å². The van der Waals surface area contributed by atoms with Gasteiger partial charge in [-0.25, -0.2) is 4.98 Å². The van der Waals surface area contributed by atoms with E-state index in [4.69, 9.17) is 4.98 Å². The fourth-order valence-electron chi connectivity index (χ4n) is 3.36. The Labute approximate surface area is 97.3 Å². The summed E-state index contributed by atoms with van der Waals surface area (Å²) in [6.07, 6.45) is 5.23. The monoisotopic (exact) mass is 219 g/mol. The normalized spacial score (nSPS) is 29.4. The highest BCUT2D eigenvalue weighted by Crippen LogP contribution is 2.36. The van der Waals surface area contributed by atoms with Crippen LogP contribution in [0.25, 0.3) is 0 Å². The first-order chi connectivity index (χ1) is 7.75. The van der Waals surface area contributed by atoms with Gasteiger partial charge < -0.3 is 9.88 Å². The molecule has 2 heterocycles. The van der Waals surface area contributed by atoms with Crippen LogP contribution < -0.4 is 5.32 Å². The van der Waals surface area contributed by atoms with E-state index in [2.05, 4.69) is 23.7 Å². The number of fused-ring (bicyclic) bond motifs is 1. The average Bonchev–Trinajstić information content (AvgIpc) is 2.80. The third-order valence-electron chi connectivity index (χ3n) is 4.13. The largest absolute Gasteiger partial charge is 0.329 e. The summed E-state index contributed by atoms with van der Waals surface area (Å²) in [7, 11) is 0. The highest BCUT2D eigenvalue weighted by molar-refractivity contribution is 5.21. The molecule has 0 aromatic carbocycles. The van der Waals surface area contributed by atoms with E-state index in [0.717, 1.165) is 31.5 Å². The molecule has 1 aromatic rings. The van der Waals surface area contributed by atoms with Gasteiger partial charge in [0.25, 0.3) is 0 Å². The van der Waals surface area contributed by atoms with Gasteiger partial charge in [-0.15, -0.1) is 0 Å². The minimum atomic E-state index is 0.726. The lowest BCUT2D eigenvalue weighted by molar-refractivity contribution is 0.461. The van der Waals surface area contributed by atoms with E-state index in [1.54, 1.807) is 0 Å². The van der Waals surface area contributed by atoms with Gasteiger partial charge in [-0.2, -0.15) is 0 Å². The maximum absolute atomic E-state index is 4.72. The van der Waals surface area contributed by atoms with Gasteiger partial charge in [-0.05, 0) is 32.1 Å². The molecule has 2 aliphatic rings. The molecule has 0 amide bonds. The van der Waals surface area contributed by atoms with Gasteiger partial charge in [-0.1, -0.05) is 6.92 Å². The Morgan fingerprint density at radius 3 is 3.00 bits per heavy atom. The molecule has 88 valence electrons. The summed E-state index contributed by atoms with van der Waals surface area (Å²) in [4.78, 5) is 4.72. The fraction of sp³-hybridized carbons (Fsp3) is 0.769. The number of imidazole rings is 1. The molecule has 0 spiro atoms. The van der Waals surface area contributed by atoms with Crippen molar-refractivity contribution in [1.82, 2.24) is 14.9 Å². The van der Waals surface area contributed by atoms with Crippen molar-refractivity contribution in [1.29, 1.82) is 0 Å². The standard InChI is InChI=1S/C13H21N3/c1-9-3-4-11(7-9)16-10(2)15-12-8-14-6-5-13(12)16/h9,11,14H,3-8H2,1-2H3. The molecule has 1 aliphatic heterocycles. The Bertz CT molecular complexity index is 394. The predicted molar refractivity (Wildman–Crippen MR) is 64.4 cm³/mol. The number of hydrogen-bond acceptors (Lipinski definition) is 2. The van der Waals surface area contributed by atoms with Crippen molar-refractivity contribution in [2.24, 2.45) is 5.92 Å². The maximum Gasteiger partial charge on any atom is 0.106 e. The molecule has 3 rings (SSSR count). The highest BCUT2D eigenvalue weighted by atomic mass is 15.1. The molecule has 2 unspecified atom stereocenters. The lowest BCUT2D eigenvalue weighted by atomic mass is 10.1. The molecule has 2 atom stereocenters. The molecular formula is C13H21N3. The van der Waals surface area contributed by atoms with E-state index in [1.165, 1.54) is 36.5 Å². The first kappa shape index (κ1) is 10.3. The predicted octanol–water partition coefficient (Wildman–Crippen LogP) is 2.20. The molecule has 1 saturated carbocycles. The van der Waals surface area contributed by atoms with Gasteiger partial charge in [0.15, 0.2) is 0 Å². The zero-order valence-corrected chi connectivity index (χ0v) is 10.3. The molecule has 1 fully saturated rings. The van der Waals surface area contributed by atoms with Crippen molar-refractivity contribution < 1.29 is 0 Å². The van der Waals surface area contributed by atoms with Crippen LogP contribution in [0.1, 0.15) is 49.4 Å². The van der Waals surface area contributed by atoms with Crippen LogP contribution in [0.2, 0.25) is 0 Å². The minimum absolute atomic E-state index is 0.726. The first-order valence-electron chi connectivity index (χ1n) is 6.53. The van der Waals surface area contributed by atoms with E-state index in [1.807, 2.05) is 0 Å². The quantitative estimate of drug-likeness (QED) is 0.784. The Hall–Kier alpha value is -0.830. The zero-order valence-electron chi connectivity index (χ0n) is 10.3. The summed E-state index contributed by atoms with van der Waals surface area (Å²) in [5.74, 6) is 2.12. The van der Waals surface area contributed by atoms with Gasteiger partial charge in [0.2, 0.25) is 0 Å². The summed E-state index contributed by atoms with van der Waals surface area (Å²) < 4.78 is 2.54. The van der Waals surface area contributed by atoms with Crippen molar-refractivity contribution in [3.05, 3.63) is 17.2 Å². The van der Waals surface area contributed by atoms with E-state index < -0.39 is 0 Å². The molecule has 0 bridgehead atoms. The molecule has 0 radical (unpaired) electrons. The number of rotatable bonds is 1. The molecule has 3 nitrogen and oxygen atoms in total. The van der Waals surface area contributed by atoms with E-state index >= 15 is 0 Å². The van der Waals surface area contributed by atoms with E-state index in [-0.39, 0.29) is 0 Å². The SMILES string of the molecule is Cc1nc2c(n1C1CCC(C)C1)CCNC2. The Morgan fingerprint density at radius 2 is 2.25 bits per heavy atom. The number of aryl methyl sites for hydroxylation is 1. The molecule has 1 aromatic heterocycles. The fourth-order valence-corrected chi connectivity index (χ4v) is 3.36. The number of aromatic nitrogens is 2. The lowest BCUT2D eigenvalue weighted by Crippen LogP contribution is -2.25. The van der Waals surface area contributed by atoms with E-state index in [9.17, 15) is 0 Å². The van der Waals surface area contributed by atoms with Crippen LogP contribution in [-0.2, 0) is 13.0 Å². The van der Waals surface area contributed by atoms with Crippen LogP contribution in [0, 0.1) is 12.8 Å². The number of nitrogens with one attached hydrogen (secondary N) is 1. The zero-order chi connectivity index (χ0) is 11.1.